The van der Waals surface area contributed by atoms with Gasteiger partial charge in [-0.3, -0.25) is 9.59 Å². The molecule has 10 aromatic carbocycles. The summed E-state index contributed by atoms with van der Waals surface area (Å²) in [4.78, 5) is 30.6. The minimum atomic E-state index is -0.368. The van der Waals surface area contributed by atoms with Gasteiger partial charge in [-0.05, 0) is 118 Å². The van der Waals surface area contributed by atoms with Gasteiger partial charge in [0.2, 0.25) is 0 Å². The summed E-state index contributed by atoms with van der Waals surface area (Å²) in [6.07, 6.45) is 0. The number of nitrogens with zero attached hydrogens (tertiary/aromatic N) is 1. The zero-order chi connectivity index (χ0) is 41.0. The lowest BCUT2D eigenvalue weighted by molar-refractivity contribution is 0.0966. The Hall–Kier alpha value is -7.88. The summed E-state index contributed by atoms with van der Waals surface area (Å²) < 4.78 is 2.40. The highest BCUT2D eigenvalue weighted by Crippen LogP contribution is 2.56. The number of carbonyl (C=O) groups is 2. The molecule has 2 heterocycles. The first-order valence-corrected chi connectivity index (χ1v) is 22.1. The first kappa shape index (κ1) is 32.8. The summed E-state index contributed by atoms with van der Waals surface area (Å²) in [6, 6.07) is 63.8. The van der Waals surface area contributed by atoms with Crippen molar-refractivity contribution in [3.8, 4) is 0 Å². The number of benzene rings is 10. The van der Waals surface area contributed by atoms with Crippen molar-refractivity contribution < 1.29 is 9.59 Å². The average Bonchev–Trinajstić information content (AvgIpc) is 3.69. The number of rotatable bonds is 0. The third-order valence-electron chi connectivity index (χ3n) is 15.8. The van der Waals surface area contributed by atoms with Gasteiger partial charge in [0.05, 0.1) is 28.4 Å². The number of aromatic nitrogens is 1. The van der Waals surface area contributed by atoms with E-state index in [1.165, 1.54) is 65.3 Å². The van der Waals surface area contributed by atoms with Crippen LogP contribution >= 0.6 is 0 Å². The molecule has 0 spiro atoms. The van der Waals surface area contributed by atoms with Gasteiger partial charge in [-0.25, -0.2) is 0 Å². The van der Waals surface area contributed by atoms with E-state index in [1.807, 2.05) is 0 Å². The quantitative estimate of drug-likeness (QED) is 0.143. The van der Waals surface area contributed by atoms with E-state index in [1.54, 1.807) is 0 Å². The van der Waals surface area contributed by atoms with Crippen LogP contribution in [0, 0.1) is 0 Å². The number of Topliss-reactive ketones (excluding diaryl/α,β-unsaturated/α-hetero) is 2. The number of ketones is 2. The summed E-state index contributed by atoms with van der Waals surface area (Å²) in [5.74, 6) is -0.568. The standard InChI is InChI=1S/C60H33NO2/c62-59-48-28-51-44(26-45(48)53-34-13-3-7-17-38(34)56(59)39-18-8-4-14-35(39)53)47-25-43-33-22-21-30-11-1-2-12-31(30)32(33)23-24-42(43)55-50-27-46-49(29-52(50)61(51)58(47)55)60(63)57-40-19-9-5-15-36(40)54(46)37-16-6-10-20-41(37)57/h1-29,53-54,56-57H. The van der Waals surface area contributed by atoms with Crippen molar-refractivity contribution >= 4 is 82.0 Å². The highest BCUT2D eigenvalue weighted by atomic mass is 16.1. The van der Waals surface area contributed by atoms with Crippen molar-refractivity contribution in [2.24, 2.45) is 0 Å². The van der Waals surface area contributed by atoms with E-state index in [9.17, 15) is 0 Å². The second-order valence-electron chi connectivity index (χ2n) is 18.4. The van der Waals surface area contributed by atoms with E-state index in [-0.39, 0.29) is 35.2 Å². The van der Waals surface area contributed by atoms with Gasteiger partial charge in [0.25, 0.3) is 0 Å². The Morgan fingerprint density at radius 2 is 0.730 bits per heavy atom. The molecule has 290 valence electrons. The highest BCUT2D eigenvalue weighted by Gasteiger charge is 2.45. The zero-order valence-electron chi connectivity index (χ0n) is 33.8. The van der Waals surface area contributed by atoms with Gasteiger partial charge in [0, 0.05) is 44.5 Å². The van der Waals surface area contributed by atoms with Gasteiger partial charge in [0.15, 0.2) is 11.6 Å². The molecule has 0 atom stereocenters. The van der Waals surface area contributed by atoms with Crippen LogP contribution in [-0.2, 0) is 0 Å². The highest BCUT2D eigenvalue weighted by molar-refractivity contribution is 6.35. The molecule has 0 unspecified atom stereocenters. The third kappa shape index (κ3) is 3.78. The van der Waals surface area contributed by atoms with Crippen LogP contribution < -0.4 is 0 Å². The van der Waals surface area contributed by atoms with Gasteiger partial charge in [0.1, 0.15) is 0 Å². The van der Waals surface area contributed by atoms with Crippen LogP contribution in [0.3, 0.4) is 0 Å². The van der Waals surface area contributed by atoms with E-state index in [2.05, 4.69) is 180 Å². The van der Waals surface area contributed by atoms with Crippen molar-refractivity contribution in [2.45, 2.75) is 23.7 Å². The van der Waals surface area contributed by atoms with E-state index >= 15 is 9.59 Å². The van der Waals surface area contributed by atoms with Crippen LogP contribution in [0.25, 0.3) is 70.4 Å². The predicted octanol–water partition coefficient (Wildman–Crippen LogP) is 13.9. The molecule has 3 nitrogen and oxygen atoms in total. The van der Waals surface area contributed by atoms with Gasteiger partial charge < -0.3 is 4.40 Å². The Bertz CT molecular complexity index is 4070. The number of carbonyl (C=O) groups excluding carboxylic acids is 2. The van der Waals surface area contributed by atoms with Gasteiger partial charge in [-0.2, -0.15) is 0 Å². The number of hydrogen-bond donors (Lipinski definition) is 0. The molecular weight excluding hydrogens is 767 g/mol. The summed E-state index contributed by atoms with van der Waals surface area (Å²) in [7, 11) is 0. The van der Waals surface area contributed by atoms with Crippen LogP contribution in [-0.4, -0.2) is 16.0 Å². The van der Waals surface area contributed by atoms with Crippen molar-refractivity contribution in [1.82, 2.24) is 4.40 Å². The molecule has 12 aromatic rings. The largest absolute Gasteiger partial charge is 0.308 e. The first-order chi connectivity index (χ1) is 31.1. The summed E-state index contributed by atoms with van der Waals surface area (Å²) in [6.45, 7) is 0. The van der Waals surface area contributed by atoms with Crippen molar-refractivity contribution in [3.05, 3.63) is 243 Å². The minimum absolute atomic E-state index is 0.0626. The molecule has 0 fully saturated rings. The lowest BCUT2D eigenvalue weighted by atomic mass is 9.72. The topological polar surface area (TPSA) is 38.5 Å². The molecule has 0 saturated carbocycles. The van der Waals surface area contributed by atoms with Crippen LogP contribution in [0.1, 0.15) is 100 Å². The second-order valence-corrected chi connectivity index (χ2v) is 18.4. The molecule has 0 amide bonds. The second kappa shape index (κ2) is 11.1. The molecule has 63 heavy (non-hydrogen) atoms. The lowest BCUT2D eigenvalue weighted by Gasteiger charge is -2.30. The van der Waals surface area contributed by atoms with Crippen LogP contribution in [0.2, 0.25) is 0 Å². The molecule has 0 aliphatic heterocycles. The van der Waals surface area contributed by atoms with E-state index in [0.717, 1.165) is 71.8 Å². The summed E-state index contributed by atoms with van der Waals surface area (Å²) >= 11 is 0. The van der Waals surface area contributed by atoms with E-state index in [4.69, 9.17) is 0 Å². The van der Waals surface area contributed by atoms with Crippen LogP contribution in [0.5, 0.6) is 0 Å². The molecule has 4 bridgehead atoms. The first-order valence-electron chi connectivity index (χ1n) is 22.1. The molecule has 6 aliphatic carbocycles. The van der Waals surface area contributed by atoms with Crippen LogP contribution in [0.15, 0.2) is 176 Å². The summed E-state index contributed by atoms with van der Waals surface area (Å²) in [5.41, 5.74) is 16.2. The lowest BCUT2D eigenvalue weighted by Crippen LogP contribution is -2.19. The Morgan fingerprint density at radius 3 is 1.29 bits per heavy atom. The van der Waals surface area contributed by atoms with Crippen LogP contribution in [0.4, 0.5) is 0 Å². The SMILES string of the molecule is O=C1c2cc3c(cc2C2c4ccccc4C1c1ccccc12)c1cc2c4ccc5ccccc5c4ccc2c2c4cc5c(cc4n3c12)C(=O)C1c2ccccc2C5c2ccccc21. The fraction of sp³-hybridized carbons (Fsp3) is 0.0667. The maximum atomic E-state index is 15.3. The third-order valence-corrected chi connectivity index (χ3v) is 15.8. The Balaban J connectivity index is 1.09. The normalized spacial score (nSPS) is 19.2. The molecule has 2 aromatic heterocycles. The zero-order valence-corrected chi connectivity index (χ0v) is 33.8. The Morgan fingerprint density at radius 1 is 0.302 bits per heavy atom. The fourth-order valence-electron chi connectivity index (χ4n) is 13.3. The molecular formula is C60H33NO2. The van der Waals surface area contributed by atoms with Crippen molar-refractivity contribution in [2.75, 3.05) is 0 Å². The van der Waals surface area contributed by atoms with E-state index in [0.29, 0.717) is 0 Å². The van der Waals surface area contributed by atoms with Gasteiger partial charge >= 0.3 is 0 Å². The summed E-state index contributed by atoms with van der Waals surface area (Å²) in [5, 5.41) is 11.9. The van der Waals surface area contributed by atoms with E-state index < -0.39 is 0 Å². The molecule has 0 N–H and O–H groups in total. The Labute approximate surface area is 360 Å². The Kier molecular flexibility index (Phi) is 5.80. The maximum Gasteiger partial charge on any atom is 0.175 e. The molecule has 18 rings (SSSR count). The predicted molar refractivity (Wildman–Crippen MR) is 254 cm³/mol. The molecule has 0 saturated heterocycles. The van der Waals surface area contributed by atoms with Gasteiger partial charge in [-0.1, -0.05) is 146 Å². The number of hydrogen-bond acceptors (Lipinski definition) is 2. The van der Waals surface area contributed by atoms with Gasteiger partial charge in [-0.15, -0.1) is 0 Å². The molecule has 0 radical (unpaired) electrons. The smallest absolute Gasteiger partial charge is 0.175 e. The molecule has 6 aliphatic rings. The molecule has 3 heteroatoms. The number of fused-ring (bicyclic) bond motifs is 12. The maximum absolute atomic E-state index is 15.3. The monoisotopic (exact) mass is 799 g/mol. The van der Waals surface area contributed by atoms with Crippen molar-refractivity contribution in [3.63, 3.8) is 0 Å². The van der Waals surface area contributed by atoms with Crippen molar-refractivity contribution in [1.29, 1.82) is 0 Å². The average molecular weight is 800 g/mol. The fourth-order valence-corrected chi connectivity index (χ4v) is 13.3. The minimum Gasteiger partial charge on any atom is -0.308 e.